The van der Waals surface area contributed by atoms with Gasteiger partial charge in [0.1, 0.15) is 15.5 Å². The third-order valence-electron chi connectivity index (χ3n) is 4.20. The van der Waals surface area contributed by atoms with E-state index >= 15 is 0 Å². The zero-order chi connectivity index (χ0) is 18.4. The zero-order valence-electron chi connectivity index (χ0n) is 13.8. The predicted octanol–water partition coefficient (Wildman–Crippen LogP) is 5.31. The number of nitrogens with zero attached hydrogens (tertiary/aromatic N) is 1. The molecule has 5 nitrogen and oxygen atoms in total. The minimum absolute atomic E-state index is 0.241. The van der Waals surface area contributed by atoms with Gasteiger partial charge in [-0.05, 0) is 35.7 Å². The largest absolute Gasteiger partial charge is 0.270 e. The Bertz CT molecular complexity index is 1330. The normalized spacial score (nSPS) is 12.0. The highest BCUT2D eigenvalue weighted by molar-refractivity contribution is 7.93. The number of aromatic amines is 1. The Morgan fingerprint density at radius 3 is 2.52 bits per heavy atom. The third-order valence-corrected chi connectivity index (χ3v) is 7.79. The fourth-order valence-electron chi connectivity index (χ4n) is 2.94. The van der Waals surface area contributed by atoms with E-state index < -0.39 is 10.0 Å². The topological polar surface area (TPSA) is 74.8 Å². The number of aromatic nitrogens is 2. The van der Waals surface area contributed by atoms with E-state index in [9.17, 15) is 8.42 Å². The second-order valence-electron chi connectivity index (χ2n) is 5.99. The van der Waals surface area contributed by atoms with Crippen molar-refractivity contribution in [3.8, 4) is 10.6 Å². The molecule has 0 saturated heterocycles. The van der Waals surface area contributed by atoms with Crippen LogP contribution < -0.4 is 4.72 Å². The summed E-state index contributed by atoms with van der Waals surface area (Å²) in [6.07, 6.45) is 0. The van der Waals surface area contributed by atoms with Crippen LogP contribution in [0.3, 0.4) is 0 Å². The summed E-state index contributed by atoms with van der Waals surface area (Å²) in [7, 11) is -3.61. The van der Waals surface area contributed by atoms with Crippen LogP contribution in [0.4, 0.5) is 5.00 Å². The van der Waals surface area contributed by atoms with Gasteiger partial charge in [0.15, 0.2) is 0 Å². The molecule has 8 heteroatoms. The van der Waals surface area contributed by atoms with Crippen molar-refractivity contribution in [1.82, 2.24) is 10.2 Å². The van der Waals surface area contributed by atoms with E-state index in [0.717, 1.165) is 20.8 Å². The van der Waals surface area contributed by atoms with Gasteiger partial charge in [-0.1, -0.05) is 47.7 Å². The zero-order valence-corrected chi connectivity index (χ0v) is 16.3. The van der Waals surface area contributed by atoms with Crippen molar-refractivity contribution in [1.29, 1.82) is 0 Å². The van der Waals surface area contributed by atoms with E-state index in [4.69, 9.17) is 0 Å². The molecule has 0 aliphatic rings. The number of sulfonamides is 1. The molecule has 2 N–H and O–H groups in total. The van der Waals surface area contributed by atoms with Crippen LogP contribution in [0.15, 0.2) is 71.6 Å². The van der Waals surface area contributed by atoms with E-state index in [1.807, 2.05) is 18.2 Å². The number of thiophene rings is 2. The van der Waals surface area contributed by atoms with Crippen molar-refractivity contribution in [2.45, 2.75) is 4.90 Å². The SMILES string of the molecule is O=S(=O)(Nc1cc2c(-c3cc4ccccc4s3)n[nH]c2s1)c1ccccc1. The molecule has 2 aromatic carbocycles. The van der Waals surface area contributed by atoms with Crippen LogP contribution in [0.5, 0.6) is 0 Å². The van der Waals surface area contributed by atoms with Crippen molar-refractivity contribution in [3.63, 3.8) is 0 Å². The smallest absolute Gasteiger partial charge is 0.262 e. The minimum atomic E-state index is -3.61. The number of hydrogen-bond acceptors (Lipinski definition) is 5. The molecule has 5 aromatic rings. The molecule has 0 bridgehead atoms. The first-order valence-corrected chi connectivity index (χ1v) is 11.3. The van der Waals surface area contributed by atoms with Crippen LogP contribution >= 0.6 is 22.7 Å². The molecule has 27 heavy (non-hydrogen) atoms. The molecule has 0 amide bonds. The lowest BCUT2D eigenvalue weighted by atomic mass is 10.2. The summed E-state index contributed by atoms with van der Waals surface area (Å²) in [5.41, 5.74) is 0.840. The van der Waals surface area contributed by atoms with E-state index in [0.29, 0.717) is 5.00 Å². The monoisotopic (exact) mass is 411 g/mol. The highest BCUT2D eigenvalue weighted by Gasteiger charge is 2.18. The molecule has 0 radical (unpaired) electrons. The number of benzene rings is 2. The fourth-order valence-corrected chi connectivity index (χ4v) is 6.22. The summed E-state index contributed by atoms with van der Waals surface area (Å²) in [5, 5.41) is 10.1. The molecule has 0 fully saturated rings. The summed E-state index contributed by atoms with van der Waals surface area (Å²) in [5.74, 6) is 0. The molecule has 0 saturated carbocycles. The maximum atomic E-state index is 12.5. The number of anilines is 1. The predicted molar refractivity (Wildman–Crippen MR) is 112 cm³/mol. The third kappa shape index (κ3) is 2.91. The molecular weight excluding hydrogens is 398 g/mol. The molecule has 0 aliphatic heterocycles. The van der Waals surface area contributed by atoms with E-state index in [-0.39, 0.29) is 4.90 Å². The molecule has 3 heterocycles. The highest BCUT2D eigenvalue weighted by Crippen LogP contribution is 2.39. The minimum Gasteiger partial charge on any atom is -0.270 e. The van der Waals surface area contributed by atoms with Crippen molar-refractivity contribution >= 4 is 58.0 Å². The van der Waals surface area contributed by atoms with Gasteiger partial charge in [0, 0.05) is 10.1 Å². The summed E-state index contributed by atoms with van der Waals surface area (Å²) < 4.78 is 28.9. The molecule has 134 valence electrons. The van der Waals surface area contributed by atoms with Gasteiger partial charge in [0.2, 0.25) is 0 Å². The number of hydrogen-bond donors (Lipinski definition) is 2. The second kappa shape index (κ2) is 6.19. The number of H-pyrrole nitrogens is 1. The van der Waals surface area contributed by atoms with Gasteiger partial charge in [-0.2, -0.15) is 5.10 Å². The Kier molecular flexibility index (Phi) is 3.78. The van der Waals surface area contributed by atoms with Gasteiger partial charge in [0.05, 0.1) is 9.77 Å². The number of nitrogens with one attached hydrogen (secondary N) is 2. The highest BCUT2D eigenvalue weighted by atomic mass is 32.2. The maximum Gasteiger partial charge on any atom is 0.262 e. The molecule has 0 unspecified atom stereocenters. The van der Waals surface area contributed by atoms with Crippen LogP contribution in [0.1, 0.15) is 0 Å². The average molecular weight is 412 g/mol. The van der Waals surface area contributed by atoms with Crippen LogP contribution in [0, 0.1) is 0 Å². The van der Waals surface area contributed by atoms with Crippen LogP contribution in [0.2, 0.25) is 0 Å². The van der Waals surface area contributed by atoms with Crippen molar-refractivity contribution in [2.75, 3.05) is 4.72 Å². The molecule has 5 rings (SSSR count). The van der Waals surface area contributed by atoms with Gasteiger partial charge in [0.25, 0.3) is 10.0 Å². The standard InChI is InChI=1S/C19H13N3O2S3/c23-27(24,13-7-2-1-3-8-13)22-17-11-14-18(20-21-19(14)26-17)16-10-12-6-4-5-9-15(12)25-16/h1-11,22H,(H,20,21). The summed E-state index contributed by atoms with van der Waals surface area (Å²) >= 11 is 3.01. The van der Waals surface area contributed by atoms with Crippen molar-refractivity contribution < 1.29 is 8.42 Å². The van der Waals surface area contributed by atoms with Crippen LogP contribution in [0.25, 0.3) is 30.9 Å². The average Bonchev–Trinajstić information content (AvgIpc) is 3.35. The van der Waals surface area contributed by atoms with Gasteiger partial charge < -0.3 is 0 Å². The molecule has 0 aliphatic carbocycles. The van der Waals surface area contributed by atoms with Crippen molar-refractivity contribution in [3.05, 3.63) is 66.7 Å². The fraction of sp³-hybridized carbons (Fsp3) is 0. The molecule has 0 atom stereocenters. The Morgan fingerprint density at radius 2 is 1.70 bits per heavy atom. The van der Waals surface area contributed by atoms with E-state index in [2.05, 4.69) is 33.1 Å². The Morgan fingerprint density at radius 1 is 0.926 bits per heavy atom. The quantitative estimate of drug-likeness (QED) is 0.421. The first-order chi connectivity index (χ1) is 13.1. The lowest BCUT2D eigenvalue weighted by Crippen LogP contribution is -2.11. The first-order valence-electron chi connectivity index (χ1n) is 8.15. The van der Waals surface area contributed by atoms with E-state index in [1.54, 1.807) is 41.7 Å². The van der Waals surface area contributed by atoms with Crippen LogP contribution in [-0.2, 0) is 10.0 Å². The summed E-state index contributed by atoms with van der Waals surface area (Å²) in [4.78, 5) is 2.14. The van der Waals surface area contributed by atoms with Gasteiger partial charge >= 0.3 is 0 Å². The molecular formula is C19H13N3O2S3. The molecule has 0 spiro atoms. The summed E-state index contributed by atoms with van der Waals surface area (Å²) in [6, 6.07) is 20.5. The Hall–Kier alpha value is -2.68. The molecule has 3 aromatic heterocycles. The lowest BCUT2D eigenvalue weighted by molar-refractivity contribution is 0.601. The first kappa shape index (κ1) is 16.5. The summed E-state index contributed by atoms with van der Waals surface area (Å²) in [6.45, 7) is 0. The van der Waals surface area contributed by atoms with Gasteiger partial charge in [-0.15, -0.1) is 11.3 Å². The maximum absolute atomic E-state index is 12.5. The lowest BCUT2D eigenvalue weighted by Gasteiger charge is -2.04. The van der Waals surface area contributed by atoms with E-state index in [1.165, 1.54) is 21.4 Å². The number of rotatable bonds is 4. The number of fused-ring (bicyclic) bond motifs is 2. The van der Waals surface area contributed by atoms with Gasteiger partial charge in [-0.25, -0.2) is 8.42 Å². The van der Waals surface area contributed by atoms with Crippen LogP contribution in [-0.4, -0.2) is 18.6 Å². The Labute approximate surface area is 163 Å². The second-order valence-corrected chi connectivity index (χ2v) is 9.81. The Balaban J connectivity index is 1.54. The van der Waals surface area contributed by atoms with Gasteiger partial charge in [-0.3, -0.25) is 9.82 Å². The van der Waals surface area contributed by atoms with Crippen molar-refractivity contribution in [2.24, 2.45) is 0 Å².